The van der Waals surface area contributed by atoms with Crippen molar-refractivity contribution in [1.29, 1.82) is 0 Å². The third-order valence-electron chi connectivity index (χ3n) is 2.71. The van der Waals surface area contributed by atoms with Crippen molar-refractivity contribution in [3.63, 3.8) is 0 Å². The summed E-state index contributed by atoms with van der Waals surface area (Å²) in [5.41, 5.74) is -0.395. The Morgan fingerprint density at radius 1 is 1.42 bits per heavy atom. The summed E-state index contributed by atoms with van der Waals surface area (Å²) in [5.74, 6) is -0.804. The minimum absolute atomic E-state index is 0.0264. The van der Waals surface area contributed by atoms with E-state index >= 15 is 0 Å². The molecule has 0 unspecified atom stereocenters. The Morgan fingerprint density at radius 2 is 2.05 bits per heavy atom. The van der Waals surface area contributed by atoms with Crippen LogP contribution in [0.5, 0.6) is 0 Å². The number of hydrogen-bond donors (Lipinski definition) is 2. The van der Waals surface area contributed by atoms with Gasteiger partial charge in [0, 0.05) is 17.6 Å². The molecule has 2 N–H and O–H groups in total. The zero-order chi connectivity index (χ0) is 14.7. The van der Waals surface area contributed by atoms with Gasteiger partial charge >= 0.3 is 0 Å². The molecular weight excluding hydrogens is 337 g/mol. The number of rotatable bonds is 6. The van der Waals surface area contributed by atoms with Gasteiger partial charge in [0.15, 0.2) is 0 Å². The highest BCUT2D eigenvalue weighted by Crippen LogP contribution is 2.22. The van der Waals surface area contributed by atoms with E-state index in [1.165, 1.54) is 12.1 Å². The van der Waals surface area contributed by atoms with Gasteiger partial charge in [-0.1, -0.05) is 29.8 Å². The number of benzene rings is 1. The number of sulfonamides is 1. The van der Waals surface area contributed by atoms with E-state index in [0.717, 1.165) is 6.07 Å². The lowest BCUT2D eigenvalue weighted by Gasteiger charge is -2.23. The van der Waals surface area contributed by atoms with Crippen LogP contribution in [0.3, 0.4) is 0 Å². The number of halogens is 2. The van der Waals surface area contributed by atoms with Gasteiger partial charge in [-0.2, -0.15) is 0 Å². The van der Waals surface area contributed by atoms with Crippen molar-refractivity contribution < 1.29 is 17.9 Å². The van der Waals surface area contributed by atoms with Gasteiger partial charge in [0.25, 0.3) is 0 Å². The van der Waals surface area contributed by atoms with Crippen molar-refractivity contribution in [2.75, 3.05) is 13.2 Å². The van der Waals surface area contributed by atoms with E-state index in [-0.39, 0.29) is 18.0 Å². The second-order valence-electron chi connectivity index (χ2n) is 5.04. The van der Waals surface area contributed by atoms with Crippen molar-refractivity contribution in [3.05, 3.63) is 28.5 Å². The van der Waals surface area contributed by atoms with Crippen molar-refractivity contribution >= 4 is 26.0 Å². The molecule has 0 spiro atoms. The van der Waals surface area contributed by atoms with E-state index in [0.29, 0.717) is 10.9 Å². The molecule has 0 bridgehead atoms. The van der Waals surface area contributed by atoms with E-state index in [1.807, 2.05) is 13.8 Å². The molecule has 0 fully saturated rings. The molecule has 1 rings (SSSR count). The second-order valence-corrected chi connectivity index (χ2v) is 7.69. The summed E-state index contributed by atoms with van der Waals surface area (Å²) >= 11 is 3.07. The minimum Gasteiger partial charge on any atom is -0.396 e. The Labute approximate surface area is 121 Å². The minimum atomic E-state index is -3.89. The third kappa shape index (κ3) is 4.83. The highest BCUT2D eigenvalue weighted by Gasteiger charge is 2.24. The SMILES string of the molecule is CC(C)(CCO)CNS(=O)(=O)c1ccc(Br)cc1F. The van der Waals surface area contributed by atoms with Crippen LogP contribution in [0.25, 0.3) is 0 Å². The molecule has 0 radical (unpaired) electrons. The van der Waals surface area contributed by atoms with Crippen molar-refractivity contribution in [1.82, 2.24) is 4.72 Å². The predicted octanol–water partition coefficient (Wildman–Crippen LogP) is 2.28. The molecule has 0 aliphatic rings. The van der Waals surface area contributed by atoms with Gasteiger partial charge < -0.3 is 5.11 Å². The molecule has 0 aliphatic heterocycles. The molecule has 0 amide bonds. The first-order chi connectivity index (χ1) is 8.68. The van der Waals surface area contributed by atoms with Crippen LogP contribution < -0.4 is 4.72 Å². The van der Waals surface area contributed by atoms with E-state index in [2.05, 4.69) is 20.7 Å². The normalized spacial score (nSPS) is 12.7. The maximum atomic E-state index is 13.6. The Bertz CT molecular complexity index is 546. The zero-order valence-electron chi connectivity index (χ0n) is 10.8. The highest BCUT2D eigenvalue weighted by molar-refractivity contribution is 9.10. The fourth-order valence-corrected chi connectivity index (χ4v) is 3.08. The average Bonchev–Trinajstić information content (AvgIpc) is 2.26. The maximum absolute atomic E-state index is 13.6. The van der Waals surface area contributed by atoms with Gasteiger partial charge in [-0.15, -0.1) is 0 Å². The van der Waals surface area contributed by atoms with E-state index in [1.54, 1.807) is 0 Å². The number of hydrogen-bond acceptors (Lipinski definition) is 3. The van der Waals surface area contributed by atoms with Crippen LogP contribution >= 0.6 is 15.9 Å². The first-order valence-corrected chi connectivity index (χ1v) is 8.01. The molecule has 0 saturated carbocycles. The number of nitrogens with one attached hydrogen (secondary N) is 1. The predicted molar refractivity (Wildman–Crippen MR) is 74.8 cm³/mol. The Kier molecular flexibility index (Phi) is 5.49. The van der Waals surface area contributed by atoms with Crippen LogP contribution in [0.2, 0.25) is 0 Å². The summed E-state index contributed by atoms with van der Waals surface area (Å²) in [6, 6.07) is 3.78. The van der Waals surface area contributed by atoms with Crippen molar-refractivity contribution in [3.8, 4) is 0 Å². The van der Waals surface area contributed by atoms with Gasteiger partial charge in [-0.05, 0) is 30.0 Å². The van der Waals surface area contributed by atoms with Crippen LogP contribution in [0.1, 0.15) is 20.3 Å². The largest absolute Gasteiger partial charge is 0.396 e. The fourth-order valence-electron chi connectivity index (χ4n) is 1.45. The van der Waals surface area contributed by atoms with E-state index in [9.17, 15) is 12.8 Å². The third-order valence-corrected chi connectivity index (χ3v) is 4.64. The van der Waals surface area contributed by atoms with Crippen LogP contribution in [-0.4, -0.2) is 26.7 Å². The van der Waals surface area contributed by atoms with Crippen molar-refractivity contribution in [2.45, 2.75) is 25.2 Å². The first kappa shape index (κ1) is 16.6. The molecule has 0 saturated heterocycles. The monoisotopic (exact) mass is 353 g/mol. The Hall–Kier alpha value is -0.500. The Balaban J connectivity index is 2.87. The average molecular weight is 354 g/mol. The van der Waals surface area contributed by atoms with E-state index < -0.39 is 21.3 Å². The smallest absolute Gasteiger partial charge is 0.243 e. The quantitative estimate of drug-likeness (QED) is 0.824. The van der Waals surface area contributed by atoms with Gasteiger partial charge in [0.2, 0.25) is 10.0 Å². The lowest BCUT2D eigenvalue weighted by atomic mass is 9.90. The topological polar surface area (TPSA) is 66.4 Å². The molecule has 108 valence electrons. The van der Waals surface area contributed by atoms with Gasteiger partial charge in [-0.3, -0.25) is 0 Å². The Morgan fingerprint density at radius 3 is 2.58 bits per heavy atom. The first-order valence-electron chi connectivity index (χ1n) is 5.73. The van der Waals surface area contributed by atoms with E-state index in [4.69, 9.17) is 5.11 Å². The molecule has 0 aromatic heterocycles. The molecule has 7 heteroatoms. The van der Waals surface area contributed by atoms with Crippen LogP contribution in [-0.2, 0) is 10.0 Å². The van der Waals surface area contributed by atoms with Crippen LogP contribution in [0, 0.1) is 11.2 Å². The number of aliphatic hydroxyl groups is 1. The van der Waals surface area contributed by atoms with Gasteiger partial charge in [0.05, 0.1) is 0 Å². The van der Waals surface area contributed by atoms with Crippen molar-refractivity contribution in [2.24, 2.45) is 5.41 Å². The molecule has 0 atom stereocenters. The fraction of sp³-hybridized carbons (Fsp3) is 0.500. The molecule has 0 heterocycles. The second kappa shape index (κ2) is 6.30. The molecule has 1 aromatic carbocycles. The molecular formula is C12H17BrFNO3S. The highest BCUT2D eigenvalue weighted by atomic mass is 79.9. The number of aliphatic hydroxyl groups excluding tert-OH is 1. The maximum Gasteiger partial charge on any atom is 0.243 e. The zero-order valence-corrected chi connectivity index (χ0v) is 13.2. The molecule has 4 nitrogen and oxygen atoms in total. The van der Waals surface area contributed by atoms with Gasteiger partial charge in [-0.25, -0.2) is 17.5 Å². The van der Waals surface area contributed by atoms with Crippen LogP contribution in [0.15, 0.2) is 27.6 Å². The summed E-state index contributed by atoms with van der Waals surface area (Å²) in [7, 11) is -3.89. The van der Waals surface area contributed by atoms with Crippen LogP contribution in [0.4, 0.5) is 4.39 Å². The molecule has 0 aliphatic carbocycles. The lowest BCUT2D eigenvalue weighted by molar-refractivity contribution is 0.213. The summed E-state index contributed by atoms with van der Waals surface area (Å²) in [5, 5.41) is 8.88. The van der Waals surface area contributed by atoms with Gasteiger partial charge in [0.1, 0.15) is 10.7 Å². The lowest BCUT2D eigenvalue weighted by Crippen LogP contribution is -2.34. The summed E-state index contributed by atoms with van der Waals surface area (Å²) in [6.45, 7) is 3.75. The summed E-state index contributed by atoms with van der Waals surface area (Å²) in [6.07, 6.45) is 0.457. The molecule has 19 heavy (non-hydrogen) atoms. The standard InChI is InChI=1S/C12H17BrFNO3S/c1-12(2,5-6-16)8-15-19(17,18)11-4-3-9(13)7-10(11)14/h3-4,7,15-16H,5-6,8H2,1-2H3. The molecule has 1 aromatic rings. The summed E-state index contributed by atoms with van der Waals surface area (Å²) < 4.78 is 40.4. The summed E-state index contributed by atoms with van der Waals surface area (Å²) in [4.78, 5) is -0.379.